The first-order valence-electron chi connectivity index (χ1n) is 14.0. The van der Waals surface area contributed by atoms with Crippen LogP contribution in [-0.4, -0.2) is 4.98 Å². The van der Waals surface area contributed by atoms with E-state index in [1.165, 1.54) is 21.5 Å². The zero-order valence-electron chi connectivity index (χ0n) is 22.3. The van der Waals surface area contributed by atoms with Crippen LogP contribution in [0.15, 0.2) is 140 Å². The van der Waals surface area contributed by atoms with Crippen LogP contribution in [0.3, 0.4) is 0 Å². The quantitative estimate of drug-likeness (QED) is 0.186. The molecule has 0 atom stereocenters. The van der Waals surface area contributed by atoms with Crippen molar-refractivity contribution in [3.05, 3.63) is 157 Å². The summed E-state index contributed by atoms with van der Waals surface area (Å²) in [4.78, 5) is 5.31. The van der Waals surface area contributed by atoms with Gasteiger partial charge in [0.25, 0.3) is 0 Å². The lowest BCUT2D eigenvalue weighted by molar-refractivity contribution is 0.631. The fourth-order valence-corrected chi connectivity index (χ4v) is 10.4. The summed E-state index contributed by atoms with van der Waals surface area (Å²) in [5.74, 6) is 0.222. The molecule has 1 aliphatic rings. The van der Waals surface area contributed by atoms with Crippen molar-refractivity contribution in [2.24, 2.45) is 0 Å². The van der Waals surface area contributed by atoms with E-state index in [4.69, 9.17) is 4.98 Å². The van der Waals surface area contributed by atoms with E-state index in [2.05, 4.69) is 103 Å². The normalized spacial score (nSPS) is 13.4. The minimum atomic E-state index is -2.22. The van der Waals surface area contributed by atoms with E-state index in [0.29, 0.717) is 11.5 Å². The van der Waals surface area contributed by atoms with Gasteiger partial charge in [0.2, 0.25) is 0 Å². The molecule has 1 heterocycles. The van der Waals surface area contributed by atoms with Crippen LogP contribution in [-0.2, 0) is 6.16 Å². The molecule has 0 bridgehead atoms. The molecule has 0 spiro atoms. The molecule has 0 unspecified atom stereocenters. The largest absolute Gasteiger partial charge is 0.252 e. The number of para-hydroxylation sites is 1. The number of fused-ring (bicyclic) bond motifs is 1. The van der Waals surface area contributed by atoms with Gasteiger partial charge < -0.3 is 0 Å². The number of rotatable bonds is 7. The Kier molecular flexibility index (Phi) is 6.50. The third kappa shape index (κ3) is 4.34. The minimum absolute atomic E-state index is 0.190. The maximum Gasteiger partial charge on any atom is 0.131 e. The number of nitrogens with zero attached hydrogens (tertiary/aromatic N) is 1. The molecule has 0 aliphatic heterocycles. The monoisotopic (exact) mass is 538 g/mol. The molecule has 1 fully saturated rings. The topological polar surface area (TPSA) is 12.9 Å². The summed E-state index contributed by atoms with van der Waals surface area (Å²) in [7, 11) is -2.22. The molecule has 1 aromatic heterocycles. The van der Waals surface area contributed by atoms with Crippen LogP contribution in [0.4, 0.5) is 4.39 Å². The highest BCUT2D eigenvalue weighted by Crippen LogP contribution is 2.60. The van der Waals surface area contributed by atoms with Crippen LogP contribution in [0, 0.1) is 5.82 Å². The van der Waals surface area contributed by atoms with Crippen molar-refractivity contribution in [2.75, 3.05) is 0 Å². The van der Waals surface area contributed by atoms with Crippen LogP contribution >= 0.6 is 7.26 Å². The number of hydrogen-bond donors (Lipinski definition) is 0. The molecular weight excluding hydrogens is 508 g/mol. The highest BCUT2D eigenvalue weighted by Gasteiger charge is 2.47. The van der Waals surface area contributed by atoms with Crippen molar-refractivity contribution in [1.82, 2.24) is 4.98 Å². The number of pyridine rings is 1. The smallest absolute Gasteiger partial charge is 0.131 e. The molecule has 5 aromatic carbocycles. The summed E-state index contributed by atoms with van der Waals surface area (Å²) in [6.45, 7) is 0. The van der Waals surface area contributed by atoms with Gasteiger partial charge in [0.15, 0.2) is 0 Å². The molecule has 0 saturated heterocycles. The molecule has 0 radical (unpaired) electrons. The van der Waals surface area contributed by atoms with Crippen LogP contribution in [0.5, 0.6) is 0 Å². The van der Waals surface area contributed by atoms with Gasteiger partial charge >= 0.3 is 0 Å². The van der Waals surface area contributed by atoms with Crippen molar-refractivity contribution >= 4 is 34.1 Å². The van der Waals surface area contributed by atoms with Crippen LogP contribution in [0.1, 0.15) is 30.0 Å². The highest BCUT2D eigenvalue weighted by molar-refractivity contribution is 7.95. The van der Waals surface area contributed by atoms with E-state index in [1.807, 2.05) is 24.3 Å². The summed E-state index contributed by atoms with van der Waals surface area (Å²) < 4.78 is 15.7. The Labute approximate surface area is 235 Å². The average Bonchev–Trinajstić information content (AvgIpc) is 3.87. The van der Waals surface area contributed by atoms with E-state index in [-0.39, 0.29) is 5.82 Å². The lowest BCUT2D eigenvalue weighted by atomic mass is 9.93. The van der Waals surface area contributed by atoms with E-state index >= 15 is 4.39 Å². The molecule has 3 heteroatoms. The molecule has 1 aliphatic carbocycles. The third-order valence-corrected chi connectivity index (χ3v) is 12.4. The van der Waals surface area contributed by atoms with Crippen molar-refractivity contribution in [2.45, 2.75) is 24.9 Å². The molecule has 6 aromatic rings. The van der Waals surface area contributed by atoms with Gasteiger partial charge in [-0.2, -0.15) is 0 Å². The minimum Gasteiger partial charge on any atom is -0.252 e. The Balaban J connectivity index is 1.60. The van der Waals surface area contributed by atoms with Gasteiger partial charge in [-0.3, -0.25) is 4.98 Å². The molecule has 1 nitrogen and oxygen atoms in total. The number of benzene rings is 5. The van der Waals surface area contributed by atoms with Gasteiger partial charge in [0, 0.05) is 28.0 Å². The molecule has 40 heavy (non-hydrogen) atoms. The second-order valence-electron chi connectivity index (χ2n) is 10.6. The Hall–Kier alpha value is -4.13. The second kappa shape index (κ2) is 10.5. The Bertz CT molecular complexity index is 1680. The van der Waals surface area contributed by atoms with Gasteiger partial charge in [-0.1, -0.05) is 91.0 Å². The van der Waals surface area contributed by atoms with E-state index in [9.17, 15) is 0 Å². The van der Waals surface area contributed by atoms with E-state index < -0.39 is 7.26 Å². The fraction of sp³-hybridized carbons (Fsp3) is 0.108. The zero-order chi connectivity index (χ0) is 26.9. The molecule has 0 amide bonds. The number of hydrogen-bond acceptors (Lipinski definition) is 1. The van der Waals surface area contributed by atoms with E-state index in [1.54, 1.807) is 12.1 Å². The molecule has 0 N–H and O–H groups in total. The Morgan fingerprint density at radius 1 is 0.600 bits per heavy atom. The Morgan fingerprint density at radius 3 is 1.65 bits per heavy atom. The maximum atomic E-state index is 15.7. The van der Waals surface area contributed by atoms with Crippen LogP contribution in [0.2, 0.25) is 0 Å². The lowest BCUT2D eigenvalue weighted by Gasteiger charge is -2.30. The summed E-state index contributed by atoms with van der Waals surface area (Å²) >= 11 is 0. The van der Waals surface area contributed by atoms with Crippen LogP contribution in [0.25, 0.3) is 22.0 Å². The van der Waals surface area contributed by atoms with Crippen molar-refractivity contribution in [1.29, 1.82) is 0 Å². The summed E-state index contributed by atoms with van der Waals surface area (Å²) in [6, 6.07) is 48.3. The summed E-state index contributed by atoms with van der Waals surface area (Å²) in [5.41, 5.74) is 4.93. The summed E-state index contributed by atoms with van der Waals surface area (Å²) in [6.07, 6.45) is 3.03. The third-order valence-electron chi connectivity index (χ3n) is 8.12. The zero-order valence-corrected chi connectivity index (χ0v) is 23.1. The average molecular weight is 539 g/mol. The predicted octanol–water partition coefficient (Wildman–Crippen LogP) is 8.41. The lowest BCUT2D eigenvalue weighted by Crippen LogP contribution is -2.33. The second-order valence-corrected chi connectivity index (χ2v) is 14.1. The fourth-order valence-electron chi connectivity index (χ4n) is 6.10. The van der Waals surface area contributed by atoms with Gasteiger partial charge in [0.05, 0.1) is 11.2 Å². The predicted molar refractivity (Wildman–Crippen MR) is 168 cm³/mol. The standard InChI is InChI=1S/C37H30FNP/c38-34-22-12-10-20-31(34)36-32-21-11-13-23-35(32)39-37(27-24-25-27)33(36)26-40(28-14-4-1-5-15-28,29-16-6-2-7-17-29)30-18-8-3-9-19-30/h1-23,27H,24-26H2/q+1. The first-order chi connectivity index (χ1) is 19.8. The first-order valence-corrected chi connectivity index (χ1v) is 15.9. The highest BCUT2D eigenvalue weighted by atomic mass is 31.2. The van der Waals surface area contributed by atoms with E-state index in [0.717, 1.165) is 41.2 Å². The van der Waals surface area contributed by atoms with Crippen molar-refractivity contribution in [3.8, 4) is 11.1 Å². The maximum absolute atomic E-state index is 15.7. The van der Waals surface area contributed by atoms with Gasteiger partial charge in [-0.05, 0) is 61.4 Å². The SMILES string of the molecule is Fc1ccccc1-c1c(C[P+](c2ccccc2)(c2ccccc2)c2ccccc2)c(C2CC2)nc2ccccc12. The summed E-state index contributed by atoms with van der Waals surface area (Å²) in [5, 5.41) is 4.98. The van der Waals surface area contributed by atoms with Crippen LogP contribution < -0.4 is 15.9 Å². The number of halogens is 1. The van der Waals surface area contributed by atoms with Crippen molar-refractivity contribution < 1.29 is 4.39 Å². The molecule has 7 rings (SSSR count). The molecular formula is C37H30FNP+. The van der Waals surface area contributed by atoms with Gasteiger partial charge in [-0.25, -0.2) is 4.39 Å². The Morgan fingerprint density at radius 2 is 1.10 bits per heavy atom. The van der Waals surface area contributed by atoms with Gasteiger partial charge in [-0.15, -0.1) is 0 Å². The molecule has 194 valence electrons. The molecule has 1 saturated carbocycles. The van der Waals surface area contributed by atoms with Crippen molar-refractivity contribution in [3.63, 3.8) is 0 Å². The number of aromatic nitrogens is 1. The van der Waals surface area contributed by atoms with Gasteiger partial charge in [0.1, 0.15) is 35.2 Å². The first kappa shape index (κ1) is 24.9.